The van der Waals surface area contributed by atoms with Gasteiger partial charge in [-0.25, -0.2) is 4.39 Å². The summed E-state index contributed by atoms with van der Waals surface area (Å²) in [7, 11) is 0. The average Bonchev–Trinajstić information content (AvgIpc) is 2.72. The highest BCUT2D eigenvalue weighted by Gasteiger charge is 2.03. The first kappa shape index (κ1) is 9.09. The Morgan fingerprint density at radius 2 is 1.94 bits per heavy atom. The quantitative estimate of drug-likeness (QED) is 0.658. The zero-order valence-corrected chi connectivity index (χ0v) is 8.44. The summed E-state index contributed by atoms with van der Waals surface area (Å²) in [6.07, 6.45) is 2.85. The molecule has 1 aromatic carbocycles. The lowest BCUT2D eigenvalue weighted by Crippen LogP contribution is -1.82. The number of benzene rings is 1. The second-order valence-corrected chi connectivity index (χ2v) is 3.66. The minimum atomic E-state index is -0.323. The number of aromatic nitrogens is 2. The first-order chi connectivity index (χ1) is 7.83. The summed E-state index contributed by atoms with van der Waals surface area (Å²) in [5.74, 6) is -0.323. The normalized spacial score (nSPS) is 10.8. The number of fused-ring (bicyclic) bond motifs is 1. The Morgan fingerprint density at radius 3 is 2.75 bits per heavy atom. The summed E-state index contributed by atoms with van der Waals surface area (Å²) in [6.45, 7) is 0. The van der Waals surface area contributed by atoms with Crippen LogP contribution in [0.1, 0.15) is 0 Å². The number of pyridine rings is 1. The number of halogens is 1. The van der Waals surface area contributed by atoms with E-state index in [1.165, 1.54) is 12.3 Å². The lowest BCUT2D eigenvalue weighted by molar-refractivity contribution is 0.622. The van der Waals surface area contributed by atoms with Gasteiger partial charge in [0.1, 0.15) is 5.82 Å². The summed E-state index contributed by atoms with van der Waals surface area (Å²) in [4.78, 5) is 7.07. The van der Waals surface area contributed by atoms with Crippen LogP contribution in [0.15, 0.2) is 48.8 Å². The van der Waals surface area contributed by atoms with E-state index in [0.29, 0.717) is 0 Å². The van der Waals surface area contributed by atoms with E-state index >= 15 is 0 Å². The van der Waals surface area contributed by atoms with E-state index in [2.05, 4.69) is 9.97 Å². The highest BCUT2D eigenvalue weighted by molar-refractivity contribution is 5.85. The van der Waals surface area contributed by atoms with Gasteiger partial charge in [0.05, 0.1) is 6.20 Å². The van der Waals surface area contributed by atoms with Crippen molar-refractivity contribution in [3.05, 3.63) is 54.6 Å². The molecule has 3 rings (SSSR count). The standard InChI is InChI=1S/C13H9FN2/c14-11-5-10(7-15-8-11)13-6-9-3-1-2-4-12(9)16-13/h1-8,16H. The number of H-pyrrole nitrogens is 1. The van der Waals surface area contributed by atoms with E-state index in [1.54, 1.807) is 6.20 Å². The predicted octanol–water partition coefficient (Wildman–Crippen LogP) is 3.37. The van der Waals surface area contributed by atoms with Crippen LogP contribution in [0.25, 0.3) is 22.2 Å². The molecule has 2 aromatic heterocycles. The van der Waals surface area contributed by atoms with Gasteiger partial charge in [-0.15, -0.1) is 0 Å². The number of nitrogens with zero attached hydrogens (tertiary/aromatic N) is 1. The number of para-hydroxylation sites is 1. The molecule has 0 aliphatic carbocycles. The Bertz CT molecular complexity index is 610. The van der Waals surface area contributed by atoms with Gasteiger partial charge in [-0.05, 0) is 18.2 Å². The molecule has 2 heterocycles. The summed E-state index contributed by atoms with van der Waals surface area (Å²) in [5.41, 5.74) is 2.69. The van der Waals surface area contributed by atoms with Crippen molar-refractivity contribution in [2.45, 2.75) is 0 Å². The largest absolute Gasteiger partial charge is 0.354 e. The molecule has 3 heteroatoms. The summed E-state index contributed by atoms with van der Waals surface area (Å²) in [6, 6.07) is 11.4. The maximum Gasteiger partial charge on any atom is 0.142 e. The topological polar surface area (TPSA) is 28.7 Å². The Morgan fingerprint density at radius 1 is 1.06 bits per heavy atom. The van der Waals surface area contributed by atoms with Gasteiger partial charge in [0.25, 0.3) is 0 Å². The van der Waals surface area contributed by atoms with E-state index in [0.717, 1.165) is 22.2 Å². The molecule has 0 saturated carbocycles. The minimum Gasteiger partial charge on any atom is -0.354 e. The lowest BCUT2D eigenvalue weighted by Gasteiger charge is -1.96. The van der Waals surface area contributed by atoms with Crippen LogP contribution in [0, 0.1) is 5.82 Å². The molecule has 0 bridgehead atoms. The van der Waals surface area contributed by atoms with Crippen molar-refractivity contribution >= 4 is 10.9 Å². The zero-order chi connectivity index (χ0) is 11.0. The van der Waals surface area contributed by atoms with Gasteiger partial charge in [-0.2, -0.15) is 0 Å². The second kappa shape index (κ2) is 3.45. The highest BCUT2D eigenvalue weighted by atomic mass is 19.1. The van der Waals surface area contributed by atoms with Crippen LogP contribution in [0.4, 0.5) is 4.39 Å². The molecule has 3 aromatic rings. The molecule has 0 spiro atoms. The van der Waals surface area contributed by atoms with E-state index in [-0.39, 0.29) is 5.82 Å². The number of hydrogen-bond acceptors (Lipinski definition) is 1. The van der Waals surface area contributed by atoms with Crippen molar-refractivity contribution in [3.63, 3.8) is 0 Å². The van der Waals surface area contributed by atoms with Gasteiger partial charge in [0.15, 0.2) is 0 Å². The first-order valence-electron chi connectivity index (χ1n) is 5.01. The van der Waals surface area contributed by atoms with Crippen LogP contribution in [-0.2, 0) is 0 Å². The summed E-state index contributed by atoms with van der Waals surface area (Å²) < 4.78 is 13.0. The fraction of sp³-hybridized carbons (Fsp3) is 0. The number of rotatable bonds is 1. The van der Waals surface area contributed by atoms with Crippen LogP contribution in [0.3, 0.4) is 0 Å². The molecule has 0 fully saturated rings. The predicted molar refractivity (Wildman–Crippen MR) is 61.5 cm³/mol. The van der Waals surface area contributed by atoms with Crippen molar-refractivity contribution in [3.8, 4) is 11.3 Å². The van der Waals surface area contributed by atoms with Gasteiger partial charge in [0.2, 0.25) is 0 Å². The first-order valence-corrected chi connectivity index (χ1v) is 5.01. The number of aromatic amines is 1. The third-order valence-electron chi connectivity index (χ3n) is 2.55. The fourth-order valence-corrected chi connectivity index (χ4v) is 1.79. The van der Waals surface area contributed by atoms with Gasteiger partial charge in [-0.3, -0.25) is 4.98 Å². The van der Waals surface area contributed by atoms with Crippen LogP contribution in [0.2, 0.25) is 0 Å². The fourth-order valence-electron chi connectivity index (χ4n) is 1.79. The maximum absolute atomic E-state index is 13.0. The minimum absolute atomic E-state index is 0.323. The molecule has 1 N–H and O–H groups in total. The summed E-state index contributed by atoms with van der Waals surface area (Å²) in [5, 5.41) is 1.11. The van der Waals surface area contributed by atoms with Crippen molar-refractivity contribution in [2.75, 3.05) is 0 Å². The van der Waals surface area contributed by atoms with Gasteiger partial charge < -0.3 is 4.98 Å². The lowest BCUT2D eigenvalue weighted by atomic mass is 10.2. The average molecular weight is 212 g/mol. The molecular weight excluding hydrogens is 203 g/mol. The Labute approximate surface area is 91.8 Å². The number of nitrogens with one attached hydrogen (secondary N) is 1. The highest BCUT2D eigenvalue weighted by Crippen LogP contribution is 2.23. The van der Waals surface area contributed by atoms with Gasteiger partial charge >= 0.3 is 0 Å². The van der Waals surface area contributed by atoms with Crippen molar-refractivity contribution in [1.29, 1.82) is 0 Å². The van der Waals surface area contributed by atoms with Crippen molar-refractivity contribution < 1.29 is 4.39 Å². The zero-order valence-electron chi connectivity index (χ0n) is 8.44. The Balaban J connectivity index is 2.19. The monoisotopic (exact) mass is 212 g/mol. The van der Waals surface area contributed by atoms with Crippen LogP contribution in [-0.4, -0.2) is 9.97 Å². The van der Waals surface area contributed by atoms with E-state index in [1.807, 2.05) is 30.3 Å². The molecule has 0 amide bonds. The molecule has 78 valence electrons. The molecule has 0 unspecified atom stereocenters. The van der Waals surface area contributed by atoms with Crippen LogP contribution < -0.4 is 0 Å². The molecule has 0 aliphatic rings. The third-order valence-corrected chi connectivity index (χ3v) is 2.55. The third kappa shape index (κ3) is 1.46. The second-order valence-electron chi connectivity index (χ2n) is 3.66. The molecule has 0 atom stereocenters. The Hall–Kier alpha value is -2.16. The van der Waals surface area contributed by atoms with Crippen molar-refractivity contribution in [2.24, 2.45) is 0 Å². The van der Waals surface area contributed by atoms with Crippen molar-refractivity contribution in [1.82, 2.24) is 9.97 Å². The SMILES string of the molecule is Fc1cncc(-c2cc3ccccc3[nH]2)c1. The van der Waals surface area contributed by atoms with Gasteiger partial charge in [0, 0.05) is 28.4 Å². The van der Waals surface area contributed by atoms with Crippen LogP contribution in [0.5, 0.6) is 0 Å². The van der Waals surface area contributed by atoms with Gasteiger partial charge in [-0.1, -0.05) is 18.2 Å². The van der Waals surface area contributed by atoms with E-state index in [4.69, 9.17) is 0 Å². The molecule has 0 radical (unpaired) electrons. The molecule has 0 aliphatic heterocycles. The molecule has 16 heavy (non-hydrogen) atoms. The maximum atomic E-state index is 13.0. The Kier molecular flexibility index (Phi) is 1.96. The van der Waals surface area contributed by atoms with E-state index < -0.39 is 0 Å². The molecule has 0 saturated heterocycles. The molecule has 2 nitrogen and oxygen atoms in total. The van der Waals surface area contributed by atoms with Crippen LogP contribution >= 0.6 is 0 Å². The van der Waals surface area contributed by atoms with E-state index in [9.17, 15) is 4.39 Å². The summed E-state index contributed by atoms with van der Waals surface area (Å²) >= 11 is 0. The number of hydrogen-bond donors (Lipinski definition) is 1. The smallest absolute Gasteiger partial charge is 0.142 e. The molecular formula is C13H9FN2.